The van der Waals surface area contributed by atoms with Crippen molar-refractivity contribution in [3.63, 3.8) is 0 Å². The van der Waals surface area contributed by atoms with Gasteiger partial charge in [-0.1, -0.05) is 58.9 Å². The van der Waals surface area contributed by atoms with E-state index in [4.69, 9.17) is 8.83 Å². The second-order valence-corrected chi connectivity index (χ2v) is 10.7. The predicted molar refractivity (Wildman–Crippen MR) is 148 cm³/mol. The van der Waals surface area contributed by atoms with Crippen LogP contribution in [0.1, 0.15) is 57.1 Å². The Morgan fingerprint density at radius 2 is 1.69 bits per heavy atom. The molecule has 0 saturated carbocycles. The Balaban J connectivity index is 1.44. The molecular formula is C31H32N2O2. The lowest BCUT2D eigenvalue weighted by Crippen LogP contribution is -2.12. The molecule has 0 saturated heterocycles. The fourth-order valence-electron chi connectivity index (χ4n) is 4.77. The standard InChI is InChI=1S/C31H32N2O2/c1-19(2)13-28-20(3)30-24-16-29(35-26(24)11-12-27(30)34-28)33-18-32-17-21-14-22-9-7-8-10-23(22)25(15-21)31(4,5)6/h7-12,14-19H,13H2,1-6H3/b32-17?,33-18-. The van der Waals surface area contributed by atoms with Crippen molar-refractivity contribution in [1.82, 2.24) is 0 Å². The molecule has 0 bridgehead atoms. The highest BCUT2D eigenvalue weighted by molar-refractivity contribution is 6.07. The molecule has 0 aliphatic heterocycles. The molecule has 0 spiro atoms. The van der Waals surface area contributed by atoms with Gasteiger partial charge in [-0.2, -0.15) is 0 Å². The predicted octanol–water partition coefficient (Wildman–Crippen LogP) is 8.92. The highest BCUT2D eigenvalue weighted by atomic mass is 16.4. The molecule has 0 aliphatic carbocycles. The molecule has 2 aromatic heterocycles. The van der Waals surface area contributed by atoms with Crippen LogP contribution < -0.4 is 0 Å². The summed E-state index contributed by atoms with van der Waals surface area (Å²) in [6.07, 6.45) is 4.32. The minimum Gasteiger partial charge on any atom is -0.461 e. The van der Waals surface area contributed by atoms with E-state index in [0.29, 0.717) is 11.8 Å². The Hall–Kier alpha value is -3.66. The molecule has 5 rings (SSSR count). The van der Waals surface area contributed by atoms with Gasteiger partial charge < -0.3 is 8.83 Å². The summed E-state index contributed by atoms with van der Waals surface area (Å²) in [6, 6.07) is 18.8. The van der Waals surface area contributed by atoms with Crippen LogP contribution in [-0.2, 0) is 11.8 Å². The van der Waals surface area contributed by atoms with Gasteiger partial charge >= 0.3 is 0 Å². The van der Waals surface area contributed by atoms with Gasteiger partial charge in [-0.25, -0.2) is 9.98 Å². The fourth-order valence-corrected chi connectivity index (χ4v) is 4.77. The summed E-state index contributed by atoms with van der Waals surface area (Å²) >= 11 is 0. The van der Waals surface area contributed by atoms with E-state index < -0.39 is 0 Å². The largest absolute Gasteiger partial charge is 0.461 e. The van der Waals surface area contributed by atoms with Crippen LogP contribution in [0.4, 0.5) is 5.88 Å². The van der Waals surface area contributed by atoms with Crippen molar-refractivity contribution in [3.05, 3.63) is 77.0 Å². The van der Waals surface area contributed by atoms with E-state index in [9.17, 15) is 0 Å². The third-order valence-corrected chi connectivity index (χ3v) is 6.44. The Morgan fingerprint density at radius 3 is 2.46 bits per heavy atom. The molecule has 0 radical (unpaired) electrons. The molecule has 35 heavy (non-hydrogen) atoms. The lowest BCUT2D eigenvalue weighted by atomic mass is 9.83. The van der Waals surface area contributed by atoms with Crippen molar-refractivity contribution in [1.29, 1.82) is 0 Å². The minimum atomic E-state index is 0.0391. The number of rotatable bonds is 5. The average molecular weight is 465 g/mol. The van der Waals surface area contributed by atoms with Gasteiger partial charge in [-0.3, -0.25) is 0 Å². The Kier molecular flexibility index (Phi) is 5.84. The molecule has 4 nitrogen and oxygen atoms in total. The van der Waals surface area contributed by atoms with Crippen molar-refractivity contribution < 1.29 is 8.83 Å². The van der Waals surface area contributed by atoms with Crippen LogP contribution in [0.25, 0.3) is 32.7 Å². The van der Waals surface area contributed by atoms with Crippen LogP contribution in [0.5, 0.6) is 0 Å². The molecule has 0 aliphatic rings. The second-order valence-electron chi connectivity index (χ2n) is 10.7. The topological polar surface area (TPSA) is 51.0 Å². The van der Waals surface area contributed by atoms with Gasteiger partial charge in [0, 0.05) is 29.5 Å². The van der Waals surface area contributed by atoms with E-state index in [0.717, 1.165) is 39.7 Å². The van der Waals surface area contributed by atoms with Crippen molar-refractivity contribution in [2.75, 3.05) is 0 Å². The summed E-state index contributed by atoms with van der Waals surface area (Å²) in [4.78, 5) is 8.92. The Bertz CT molecular complexity index is 1590. The Morgan fingerprint density at radius 1 is 0.914 bits per heavy atom. The molecule has 0 fully saturated rings. The number of hydrogen-bond acceptors (Lipinski definition) is 3. The van der Waals surface area contributed by atoms with E-state index in [-0.39, 0.29) is 5.41 Å². The normalized spacial score (nSPS) is 13.0. The lowest BCUT2D eigenvalue weighted by Gasteiger charge is -2.22. The molecule has 0 N–H and O–H groups in total. The number of furan rings is 2. The molecule has 0 unspecified atom stereocenters. The maximum absolute atomic E-state index is 6.13. The lowest BCUT2D eigenvalue weighted by molar-refractivity contribution is 0.496. The van der Waals surface area contributed by atoms with Gasteiger partial charge in [0.25, 0.3) is 0 Å². The van der Waals surface area contributed by atoms with Gasteiger partial charge in [0.1, 0.15) is 23.3 Å². The number of nitrogens with zero attached hydrogens (tertiary/aromatic N) is 2. The maximum Gasteiger partial charge on any atom is 0.221 e. The highest BCUT2D eigenvalue weighted by Crippen LogP contribution is 2.37. The number of hydrogen-bond donors (Lipinski definition) is 0. The molecule has 2 heterocycles. The summed E-state index contributed by atoms with van der Waals surface area (Å²) in [6.45, 7) is 13.2. The first-order chi connectivity index (χ1) is 16.7. The third kappa shape index (κ3) is 4.53. The van der Waals surface area contributed by atoms with E-state index in [1.165, 1.54) is 21.9 Å². The van der Waals surface area contributed by atoms with E-state index in [1.807, 2.05) is 24.4 Å². The summed E-state index contributed by atoms with van der Waals surface area (Å²) < 4.78 is 12.1. The molecule has 3 aromatic carbocycles. The van der Waals surface area contributed by atoms with Crippen LogP contribution in [0.3, 0.4) is 0 Å². The summed E-state index contributed by atoms with van der Waals surface area (Å²) in [7, 11) is 0. The minimum absolute atomic E-state index is 0.0391. The molecule has 5 aromatic rings. The number of benzene rings is 3. The van der Waals surface area contributed by atoms with Crippen LogP contribution >= 0.6 is 0 Å². The quantitative estimate of drug-likeness (QED) is 0.192. The van der Waals surface area contributed by atoms with Crippen LogP contribution in [-0.4, -0.2) is 12.6 Å². The van der Waals surface area contributed by atoms with Gasteiger partial charge in [-0.05, 0) is 70.0 Å². The van der Waals surface area contributed by atoms with Crippen LogP contribution in [0, 0.1) is 12.8 Å². The van der Waals surface area contributed by atoms with Gasteiger partial charge in [0.2, 0.25) is 5.88 Å². The number of aliphatic imine (C=N–C) groups is 2. The fraction of sp³-hybridized carbons (Fsp3) is 0.290. The average Bonchev–Trinajstić information content (AvgIpc) is 3.35. The maximum atomic E-state index is 6.13. The van der Waals surface area contributed by atoms with Crippen molar-refractivity contribution in [2.45, 2.75) is 53.4 Å². The second kappa shape index (κ2) is 8.84. The zero-order valence-electron chi connectivity index (χ0n) is 21.3. The summed E-state index contributed by atoms with van der Waals surface area (Å²) in [5.74, 6) is 2.11. The van der Waals surface area contributed by atoms with Crippen molar-refractivity contribution in [2.24, 2.45) is 15.9 Å². The Labute approximate surface area is 206 Å². The van der Waals surface area contributed by atoms with Gasteiger partial charge in [0.15, 0.2) is 0 Å². The summed E-state index contributed by atoms with van der Waals surface area (Å²) in [5, 5.41) is 4.63. The monoisotopic (exact) mass is 464 g/mol. The van der Waals surface area contributed by atoms with Crippen molar-refractivity contribution in [3.8, 4) is 0 Å². The van der Waals surface area contributed by atoms with E-state index in [2.05, 4.69) is 87.9 Å². The first-order valence-corrected chi connectivity index (χ1v) is 12.2. The first kappa shape index (κ1) is 23.1. The molecular weight excluding hydrogens is 432 g/mol. The van der Waals surface area contributed by atoms with Gasteiger partial charge in [-0.15, -0.1) is 0 Å². The SMILES string of the molecule is Cc1c(CC(C)C)oc2ccc3oc(/N=C\N=Cc4cc(C(C)(C)C)c5ccccc5c4)cc3c12. The van der Waals surface area contributed by atoms with Crippen LogP contribution in [0.2, 0.25) is 0 Å². The molecule has 0 amide bonds. The van der Waals surface area contributed by atoms with Crippen LogP contribution in [0.15, 0.2) is 73.4 Å². The summed E-state index contributed by atoms with van der Waals surface area (Å²) in [5.41, 5.74) is 5.28. The van der Waals surface area contributed by atoms with Crippen molar-refractivity contribution >= 4 is 51.1 Å². The highest BCUT2D eigenvalue weighted by Gasteiger charge is 2.18. The molecule has 4 heteroatoms. The molecule has 0 atom stereocenters. The first-order valence-electron chi connectivity index (χ1n) is 12.2. The van der Waals surface area contributed by atoms with E-state index in [1.54, 1.807) is 6.34 Å². The zero-order chi connectivity index (χ0) is 24.7. The zero-order valence-corrected chi connectivity index (χ0v) is 21.3. The number of fused-ring (bicyclic) bond motifs is 4. The van der Waals surface area contributed by atoms with E-state index >= 15 is 0 Å². The number of aryl methyl sites for hydroxylation is 1. The third-order valence-electron chi connectivity index (χ3n) is 6.44. The van der Waals surface area contributed by atoms with Gasteiger partial charge in [0.05, 0.1) is 0 Å². The smallest absolute Gasteiger partial charge is 0.221 e. The molecule has 178 valence electrons.